The second-order valence-electron chi connectivity index (χ2n) is 4.75. The van der Waals surface area contributed by atoms with Crippen LogP contribution >= 0.6 is 11.8 Å². The van der Waals surface area contributed by atoms with Gasteiger partial charge in [-0.3, -0.25) is 0 Å². The zero-order valence-corrected chi connectivity index (χ0v) is 12.6. The lowest BCUT2D eigenvalue weighted by atomic mass is 10.2. The highest BCUT2D eigenvalue weighted by Gasteiger charge is 2.04. The van der Waals surface area contributed by atoms with Crippen LogP contribution in [0.25, 0.3) is 11.4 Å². The Labute approximate surface area is 119 Å². The van der Waals surface area contributed by atoms with Crippen LogP contribution in [0, 0.1) is 0 Å². The molecule has 2 aromatic rings. The van der Waals surface area contributed by atoms with E-state index in [4.69, 9.17) is 0 Å². The molecule has 0 bridgehead atoms. The zero-order chi connectivity index (χ0) is 13.7. The number of aromatic nitrogens is 2. The van der Waals surface area contributed by atoms with Crippen molar-refractivity contribution in [1.82, 2.24) is 15.3 Å². The van der Waals surface area contributed by atoms with E-state index in [0.717, 1.165) is 29.4 Å². The first-order valence-electron chi connectivity index (χ1n) is 6.69. The molecular formula is C15H21N3S. The number of hydrogen-bond acceptors (Lipinski definition) is 3. The van der Waals surface area contributed by atoms with Crippen molar-refractivity contribution in [2.75, 3.05) is 5.75 Å². The number of hydrogen-bond donors (Lipinski definition) is 2. The summed E-state index contributed by atoms with van der Waals surface area (Å²) in [6, 6.07) is 9.03. The van der Waals surface area contributed by atoms with Gasteiger partial charge in [0.25, 0.3) is 0 Å². The molecule has 0 spiro atoms. The molecule has 1 aromatic heterocycles. The molecule has 0 atom stereocenters. The summed E-state index contributed by atoms with van der Waals surface area (Å²) in [5.41, 5.74) is 2.26. The number of benzene rings is 1. The molecule has 1 heterocycles. The number of thioether (sulfide) groups is 1. The summed E-state index contributed by atoms with van der Waals surface area (Å²) in [4.78, 5) is 9.10. The van der Waals surface area contributed by atoms with Crippen molar-refractivity contribution in [3.63, 3.8) is 0 Å². The molecular weight excluding hydrogens is 254 g/mol. The Morgan fingerprint density at radius 3 is 2.63 bits per heavy atom. The lowest BCUT2D eigenvalue weighted by Gasteiger charge is -2.05. The summed E-state index contributed by atoms with van der Waals surface area (Å²) in [6.45, 7) is 7.27. The normalized spacial score (nSPS) is 11.2. The summed E-state index contributed by atoms with van der Waals surface area (Å²) in [5.74, 6) is 2.04. The van der Waals surface area contributed by atoms with Gasteiger partial charge in [-0.15, -0.1) is 11.8 Å². The van der Waals surface area contributed by atoms with Crippen LogP contribution in [0.4, 0.5) is 0 Å². The van der Waals surface area contributed by atoms with Crippen molar-refractivity contribution in [3.8, 4) is 11.4 Å². The van der Waals surface area contributed by atoms with E-state index in [1.807, 2.05) is 18.0 Å². The number of nitrogens with one attached hydrogen (secondary N) is 2. The van der Waals surface area contributed by atoms with Crippen LogP contribution in [0.15, 0.2) is 35.4 Å². The first kappa shape index (κ1) is 14.2. The van der Waals surface area contributed by atoms with E-state index >= 15 is 0 Å². The van der Waals surface area contributed by atoms with E-state index in [-0.39, 0.29) is 0 Å². The van der Waals surface area contributed by atoms with Crippen molar-refractivity contribution in [1.29, 1.82) is 0 Å². The minimum atomic E-state index is 0.483. The number of imidazole rings is 1. The number of nitrogens with zero attached hydrogens (tertiary/aromatic N) is 1. The maximum Gasteiger partial charge on any atom is 0.137 e. The van der Waals surface area contributed by atoms with Crippen molar-refractivity contribution in [2.45, 2.75) is 38.3 Å². The topological polar surface area (TPSA) is 40.7 Å². The number of rotatable bonds is 6. The molecule has 0 aliphatic carbocycles. The summed E-state index contributed by atoms with van der Waals surface area (Å²) < 4.78 is 0. The SMILES string of the molecule is CCSc1ccc(-c2ncc(CNC(C)C)[nH]2)cc1. The number of aromatic amines is 1. The van der Waals surface area contributed by atoms with E-state index in [1.54, 1.807) is 0 Å². The molecule has 19 heavy (non-hydrogen) atoms. The third kappa shape index (κ3) is 4.11. The molecule has 1 aromatic carbocycles. The second kappa shape index (κ2) is 6.78. The maximum absolute atomic E-state index is 4.44. The molecule has 0 amide bonds. The molecule has 0 aliphatic rings. The molecule has 0 saturated carbocycles. The Hall–Kier alpha value is -1.26. The van der Waals surface area contributed by atoms with Crippen molar-refractivity contribution < 1.29 is 0 Å². The highest BCUT2D eigenvalue weighted by Crippen LogP contribution is 2.22. The highest BCUT2D eigenvalue weighted by atomic mass is 32.2. The van der Waals surface area contributed by atoms with Crippen molar-refractivity contribution in [3.05, 3.63) is 36.2 Å². The average Bonchev–Trinajstić information content (AvgIpc) is 2.86. The number of H-pyrrole nitrogens is 1. The Balaban J connectivity index is 2.05. The van der Waals surface area contributed by atoms with Gasteiger partial charge in [0.1, 0.15) is 5.82 Å². The smallest absolute Gasteiger partial charge is 0.137 e. The van der Waals surface area contributed by atoms with E-state index in [1.165, 1.54) is 4.90 Å². The first-order valence-corrected chi connectivity index (χ1v) is 7.68. The van der Waals surface area contributed by atoms with E-state index in [2.05, 4.69) is 60.3 Å². The van der Waals surface area contributed by atoms with Gasteiger partial charge in [0.05, 0.1) is 0 Å². The van der Waals surface area contributed by atoms with Crippen LogP contribution in [-0.4, -0.2) is 21.8 Å². The molecule has 2 N–H and O–H groups in total. The molecule has 102 valence electrons. The van der Waals surface area contributed by atoms with Crippen LogP contribution in [0.5, 0.6) is 0 Å². The van der Waals surface area contributed by atoms with Gasteiger partial charge in [0.2, 0.25) is 0 Å². The van der Waals surface area contributed by atoms with Gasteiger partial charge in [-0.1, -0.05) is 32.9 Å². The van der Waals surface area contributed by atoms with Gasteiger partial charge in [-0.05, 0) is 17.9 Å². The van der Waals surface area contributed by atoms with Crippen LogP contribution in [0.3, 0.4) is 0 Å². The van der Waals surface area contributed by atoms with Crippen LogP contribution < -0.4 is 5.32 Å². The molecule has 4 heteroatoms. The van der Waals surface area contributed by atoms with Gasteiger partial charge >= 0.3 is 0 Å². The van der Waals surface area contributed by atoms with Gasteiger partial charge in [-0.25, -0.2) is 4.98 Å². The zero-order valence-electron chi connectivity index (χ0n) is 11.7. The summed E-state index contributed by atoms with van der Waals surface area (Å²) >= 11 is 1.86. The predicted octanol–water partition coefficient (Wildman–Crippen LogP) is 3.69. The molecule has 3 nitrogen and oxygen atoms in total. The Kier molecular flexibility index (Phi) is 5.05. The van der Waals surface area contributed by atoms with Crippen LogP contribution in [-0.2, 0) is 6.54 Å². The molecule has 0 fully saturated rings. The quantitative estimate of drug-likeness (QED) is 0.790. The summed E-state index contributed by atoms with van der Waals surface area (Å²) in [6.07, 6.45) is 1.90. The molecule has 0 unspecified atom stereocenters. The fraction of sp³-hybridized carbons (Fsp3) is 0.400. The third-order valence-corrected chi connectivity index (χ3v) is 3.66. The largest absolute Gasteiger partial charge is 0.341 e. The molecule has 2 rings (SSSR count). The minimum Gasteiger partial charge on any atom is -0.341 e. The molecule has 0 saturated heterocycles. The monoisotopic (exact) mass is 275 g/mol. The van der Waals surface area contributed by atoms with Crippen molar-refractivity contribution in [2.24, 2.45) is 0 Å². The van der Waals surface area contributed by atoms with Crippen LogP contribution in [0.1, 0.15) is 26.5 Å². The van der Waals surface area contributed by atoms with E-state index < -0.39 is 0 Å². The predicted molar refractivity (Wildman–Crippen MR) is 82.4 cm³/mol. The average molecular weight is 275 g/mol. The second-order valence-corrected chi connectivity index (χ2v) is 6.09. The van der Waals surface area contributed by atoms with Gasteiger partial charge < -0.3 is 10.3 Å². The first-order chi connectivity index (χ1) is 9.19. The van der Waals surface area contributed by atoms with Crippen LogP contribution in [0.2, 0.25) is 0 Å². The Bertz CT molecular complexity index is 502. The van der Waals surface area contributed by atoms with Gasteiger partial charge in [0, 0.05) is 34.9 Å². The summed E-state index contributed by atoms with van der Waals surface area (Å²) in [5, 5.41) is 3.38. The van der Waals surface area contributed by atoms with E-state index in [0.29, 0.717) is 6.04 Å². The fourth-order valence-electron chi connectivity index (χ4n) is 1.79. The maximum atomic E-state index is 4.44. The lowest BCUT2D eigenvalue weighted by molar-refractivity contribution is 0.583. The minimum absolute atomic E-state index is 0.483. The van der Waals surface area contributed by atoms with Gasteiger partial charge in [-0.2, -0.15) is 0 Å². The van der Waals surface area contributed by atoms with E-state index in [9.17, 15) is 0 Å². The summed E-state index contributed by atoms with van der Waals surface area (Å²) in [7, 11) is 0. The Morgan fingerprint density at radius 1 is 1.26 bits per heavy atom. The molecule has 0 radical (unpaired) electrons. The third-order valence-electron chi connectivity index (χ3n) is 2.77. The highest BCUT2D eigenvalue weighted by molar-refractivity contribution is 7.99. The standard InChI is InChI=1S/C15H21N3S/c1-4-19-14-7-5-12(6-8-14)15-17-10-13(18-15)9-16-11(2)3/h5-8,10-11,16H,4,9H2,1-3H3,(H,17,18). The van der Waals surface area contributed by atoms with Gasteiger partial charge in [0.15, 0.2) is 0 Å². The Morgan fingerprint density at radius 2 is 2.00 bits per heavy atom. The molecule has 0 aliphatic heterocycles. The fourth-order valence-corrected chi connectivity index (χ4v) is 2.45. The van der Waals surface area contributed by atoms with Crippen molar-refractivity contribution >= 4 is 11.8 Å². The lowest BCUT2D eigenvalue weighted by Crippen LogP contribution is -2.21.